The van der Waals surface area contributed by atoms with E-state index >= 15 is 0 Å². The van der Waals surface area contributed by atoms with Gasteiger partial charge in [-0.05, 0) is 30.3 Å². The molecule has 0 atom stereocenters. The number of fused-ring (bicyclic) bond motifs is 1. The Labute approximate surface area is 103 Å². The molecule has 0 saturated heterocycles. The Morgan fingerprint density at radius 3 is 2.78 bits per heavy atom. The number of aromatic nitrogens is 2. The average Bonchev–Trinajstić information content (AvgIpc) is 2.86. The van der Waals surface area contributed by atoms with Gasteiger partial charge in [0.15, 0.2) is 0 Å². The van der Waals surface area contributed by atoms with E-state index in [1.807, 2.05) is 24.4 Å². The number of carbonyl (C=O) groups excluding carboxylic acids is 1. The first-order chi connectivity index (χ1) is 8.74. The van der Waals surface area contributed by atoms with Crippen LogP contribution in [-0.2, 0) is 0 Å². The Balaban J connectivity index is 2.05. The van der Waals surface area contributed by atoms with Gasteiger partial charge in [-0.1, -0.05) is 6.07 Å². The minimum atomic E-state index is -0.463. The smallest absolute Gasteiger partial charge is 0.250 e. The van der Waals surface area contributed by atoms with Crippen LogP contribution in [0.3, 0.4) is 0 Å². The van der Waals surface area contributed by atoms with Crippen LogP contribution in [-0.4, -0.2) is 15.9 Å². The van der Waals surface area contributed by atoms with Crippen molar-refractivity contribution >= 4 is 16.8 Å². The van der Waals surface area contributed by atoms with Crippen LogP contribution in [0.1, 0.15) is 10.4 Å². The maximum atomic E-state index is 11.0. The zero-order valence-electron chi connectivity index (χ0n) is 9.55. The summed E-state index contributed by atoms with van der Waals surface area (Å²) in [4.78, 5) is 18.4. The number of nitrogens with two attached hydrogens (primary N) is 1. The molecule has 1 aromatic carbocycles. The van der Waals surface area contributed by atoms with Gasteiger partial charge < -0.3 is 10.7 Å². The lowest BCUT2D eigenvalue weighted by atomic mass is 10.1. The van der Waals surface area contributed by atoms with E-state index in [1.54, 1.807) is 12.1 Å². The van der Waals surface area contributed by atoms with Crippen molar-refractivity contribution in [3.05, 3.63) is 54.4 Å². The number of pyridine rings is 1. The first kappa shape index (κ1) is 10.5. The highest BCUT2D eigenvalue weighted by atomic mass is 16.1. The fourth-order valence-corrected chi connectivity index (χ4v) is 1.92. The fourth-order valence-electron chi connectivity index (χ4n) is 1.92. The van der Waals surface area contributed by atoms with Crippen LogP contribution in [0.2, 0.25) is 0 Å². The Morgan fingerprint density at radius 2 is 2.06 bits per heavy atom. The number of H-pyrrole nitrogens is 1. The van der Waals surface area contributed by atoms with Gasteiger partial charge >= 0.3 is 0 Å². The monoisotopic (exact) mass is 237 g/mol. The fraction of sp³-hybridized carbons (Fsp3) is 0. The highest BCUT2D eigenvalue weighted by molar-refractivity contribution is 5.92. The van der Waals surface area contributed by atoms with Gasteiger partial charge in [0.05, 0.1) is 11.3 Å². The third-order valence-electron chi connectivity index (χ3n) is 2.90. The van der Waals surface area contributed by atoms with E-state index in [0.717, 1.165) is 22.2 Å². The quantitative estimate of drug-likeness (QED) is 0.718. The zero-order valence-corrected chi connectivity index (χ0v) is 9.55. The number of rotatable bonds is 2. The van der Waals surface area contributed by atoms with Crippen LogP contribution in [0.4, 0.5) is 0 Å². The maximum Gasteiger partial charge on any atom is 0.250 e. The number of primary amides is 1. The van der Waals surface area contributed by atoms with E-state index in [0.29, 0.717) is 5.56 Å². The summed E-state index contributed by atoms with van der Waals surface area (Å²) in [6.45, 7) is 0. The summed E-state index contributed by atoms with van der Waals surface area (Å²) in [6, 6.07) is 11.5. The van der Waals surface area contributed by atoms with E-state index < -0.39 is 5.91 Å². The van der Waals surface area contributed by atoms with Crippen molar-refractivity contribution in [3.8, 4) is 11.3 Å². The van der Waals surface area contributed by atoms with Crippen molar-refractivity contribution in [2.75, 3.05) is 0 Å². The molecule has 3 rings (SSSR count). The van der Waals surface area contributed by atoms with E-state index in [-0.39, 0.29) is 0 Å². The number of aromatic amines is 1. The Kier molecular flexibility index (Phi) is 2.34. The Morgan fingerprint density at radius 1 is 1.17 bits per heavy atom. The Bertz CT molecular complexity index is 713. The first-order valence-electron chi connectivity index (χ1n) is 5.57. The average molecular weight is 237 g/mol. The van der Waals surface area contributed by atoms with Gasteiger partial charge in [-0.2, -0.15) is 0 Å². The van der Waals surface area contributed by atoms with Crippen molar-refractivity contribution in [2.45, 2.75) is 0 Å². The maximum absolute atomic E-state index is 11.0. The van der Waals surface area contributed by atoms with E-state index in [4.69, 9.17) is 5.73 Å². The van der Waals surface area contributed by atoms with Gasteiger partial charge in [-0.25, -0.2) is 0 Å². The highest BCUT2D eigenvalue weighted by Gasteiger charge is 2.04. The van der Waals surface area contributed by atoms with Crippen LogP contribution >= 0.6 is 0 Å². The molecule has 4 heteroatoms. The minimum absolute atomic E-state index is 0.418. The molecule has 0 bridgehead atoms. The van der Waals surface area contributed by atoms with Gasteiger partial charge in [0.25, 0.3) is 0 Å². The van der Waals surface area contributed by atoms with E-state index in [9.17, 15) is 4.79 Å². The summed E-state index contributed by atoms with van der Waals surface area (Å²) in [6.07, 6.45) is 3.40. The lowest BCUT2D eigenvalue weighted by Crippen LogP contribution is -2.10. The number of nitrogens with zero attached hydrogens (tertiary/aromatic N) is 1. The number of amides is 1. The molecular weight excluding hydrogens is 226 g/mol. The molecule has 2 heterocycles. The predicted octanol–water partition coefficient (Wildman–Crippen LogP) is 2.33. The SMILES string of the molecule is NC(=O)c1ccc(-c2ccc3[nH]ccc3c2)nc1. The number of carbonyl (C=O) groups is 1. The molecular formula is C14H11N3O. The molecule has 0 aliphatic rings. The molecule has 18 heavy (non-hydrogen) atoms. The van der Waals surface area contributed by atoms with Crippen LogP contribution < -0.4 is 5.73 Å². The van der Waals surface area contributed by atoms with Gasteiger partial charge in [0.2, 0.25) is 5.91 Å². The molecule has 0 unspecified atom stereocenters. The molecule has 88 valence electrons. The molecule has 3 N–H and O–H groups in total. The molecule has 0 radical (unpaired) electrons. The summed E-state index contributed by atoms with van der Waals surface area (Å²) in [5.74, 6) is -0.463. The van der Waals surface area contributed by atoms with Crippen molar-refractivity contribution in [1.82, 2.24) is 9.97 Å². The third-order valence-corrected chi connectivity index (χ3v) is 2.90. The van der Waals surface area contributed by atoms with Crippen LogP contribution in [0.15, 0.2) is 48.8 Å². The lowest BCUT2D eigenvalue weighted by molar-refractivity contribution is 0.1000. The zero-order chi connectivity index (χ0) is 12.5. The molecule has 0 aliphatic carbocycles. The molecule has 0 spiro atoms. The summed E-state index contributed by atoms with van der Waals surface area (Å²) < 4.78 is 0. The largest absolute Gasteiger partial charge is 0.366 e. The molecule has 3 aromatic rings. The van der Waals surface area contributed by atoms with Crippen molar-refractivity contribution in [3.63, 3.8) is 0 Å². The number of hydrogen-bond donors (Lipinski definition) is 2. The van der Waals surface area contributed by atoms with Crippen molar-refractivity contribution in [2.24, 2.45) is 5.73 Å². The van der Waals surface area contributed by atoms with E-state index in [1.165, 1.54) is 6.20 Å². The van der Waals surface area contributed by atoms with E-state index in [2.05, 4.69) is 16.0 Å². The molecule has 0 saturated carbocycles. The van der Waals surface area contributed by atoms with Gasteiger partial charge in [-0.3, -0.25) is 9.78 Å². The second-order valence-corrected chi connectivity index (χ2v) is 4.08. The molecule has 2 aromatic heterocycles. The highest BCUT2D eigenvalue weighted by Crippen LogP contribution is 2.22. The lowest BCUT2D eigenvalue weighted by Gasteiger charge is -2.02. The Hall–Kier alpha value is -2.62. The van der Waals surface area contributed by atoms with Crippen LogP contribution in [0, 0.1) is 0 Å². The molecule has 0 fully saturated rings. The van der Waals surface area contributed by atoms with Crippen LogP contribution in [0.5, 0.6) is 0 Å². The third kappa shape index (κ3) is 1.73. The van der Waals surface area contributed by atoms with Gasteiger partial charge in [-0.15, -0.1) is 0 Å². The standard InChI is InChI=1S/C14H11N3O/c15-14(18)11-2-4-13(17-8-11)9-1-3-12-10(7-9)5-6-16-12/h1-8,16H,(H2,15,18). The predicted molar refractivity (Wildman–Crippen MR) is 70.0 cm³/mol. The number of benzene rings is 1. The van der Waals surface area contributed by atoms with Crippen molar-refractivity contribution < 1.29 is 4.79 Å². The number of nitrogens with one attached hydrogen (secondary N) is 1. The summed E-state index contributed by atoms with van der Waals surface area (Å²) in [5.41, 5.74) is 8.52. The summed E-state index contributed by atoms with van der Waals surface area (Å²) in [5, 5.41) is 1.13. The minimum Gasteiger partial charge on any atom is -0.366 e. The normalized spacial score (nSPS) is 10.7. The van der Waals surface area contributed by atoms with Crippen LogP contribution in [0.25, 0.3) is 22.2 Å². The van der Waals surface area contributed by atoms with Crippen molar-refractivity contribution in [1.29, 1.82) is 0 Å². The molecule has 4 nitrogen and oxygen atoms in total. The summed E-state index contributed by atoms with van der Waals surface area (Å²) in [7, 11) is 0. The van der Waals surface area contributed by atoms with Gasteiger partial charge in [0, 0.05) is 28.9 Å². The second kappa shape index (κ2) is 4.00. The summed E-state index contributed by atoms with van der Waals surface area (Å²) >= 11 is 0. The first-order valence-corrected chi connectivity index (χ1v) is 5.57. The topological polar surface area (TPSA) is 71.8 Å². The second-order valence-electron chi connectivity index (χ2n) is 4.08. The molecule has 1 amide bonds. The molecule has 0 aliphatic heterocycles. The van der Waals surface area contributed by atoms with Gasteiger partial charge in [0.1, 0.15) is 0 Å². The number of hydrogen-bond acceptors (Lipinski definition) is 2.